The number of benzene rings is 1. The van der Waals surface area contributed by atoms with Crippen molar-refractivity contribution in [1.82, 2.24) is 9.97 Å². The Bertz CT molecular complexity index is 918. The van der Waals surface area contributed by atoms with Crippen molar-refractivity contribution in [3.05, 3.63) is 40.2 Å². The summed E-state index contributed by atoms with van der Waals surface area (Å²) in [6.07, 6.45) is 0. The Morgan fingerprint density at radius 3 is 2.57 bits per heavy atom. The molecule has 0 bridgehead atoms. The van der Waals surface area contributed by atoms with E-state index in [1.165, 1.54) is 31.4 Å². The maximum Gasteiger partial charge on any atom is 1.00 e. The predicted octanol–water partition coefficient (Wildman–Crippen LogP) is -0.0104. The number of hydrogen-bond acceptors (Lipinski definition) is 8. The Labute approximate surface area is 193 Å². The van der Waals surface area contributed by atoms with Crippen LogP contribution in [0.15, 0.2) is 30.3 Å². The third-order valence-electron chi connectivity index (χ3n) is 2.67. The molecule has 2 aromatic rings. The van der Waals surface area contributed by atoms with Gasteiger partial charge in [0.15, 0.2) is 17.5 Å². The summed E-state index contributed by atoms with van der Waals surface area (Å²) in [6, 6.07) is 5.94. The molecule has 1 aromatic heterocycles. The second-order valence-electron chi connectivity index (χ2n) is 4.57. The zero-order valence-corrected chi connectivity index (χ0v) is 19.1. The summed E-state index contributed by atoms with van der Waals surface area (Å²) in [5.74, 6) is -0.0687. The van der Waals surface area contributed by atoms with E-state index in [1.54, 1.807) is 6.07 Å². The minimum Gasteiger partial charge on any atom is -0.488 e. The summed E-state index contributed by atoms with van der Waals surface area (Å²) < 4.78 is 41.9. The smallest absolute Gasteiger partial charge is 0.488 e. The first-order chi connectivity index (χ1) is 12.8. The molecule has 1 aromatic carbocycles. The van der Waals surface area contributed by atoms with Crippen LogP contribution in [0, 0.1) is 0 Å². The number of carbonyl (C=O) groups excluding carboxylic acids is 1. The van der Waals surface area contributed by atoms with Crippen LogP contribution in [0.1, 0.15) is 0 Å². The summed E-state index contributed by atoms with van der Waals surface area (Å²) in [5, 5.41) is 2.02. The van der Waals surface area contributed by atoms with Gasteiger partial charge in [0, 0.05) is 6.07 Å². The van der Waals surface area contributed by atoms with E-state index in [2.05, 4.69) is 14.7 Å². The van der Waals surface area contributed by atoms with Crippen LogP contribution in [-0.4, -0.2) is 44.0 Å². The van der Waals surface area contributed by atoms with E-state index in [1.807, 2.05) is 5.32 Å². The number of para-hydroxylation sites is 2. The second-order valence-corrected chi connectivity index (χ2v) is 6.54. The first-order valence-corrected chi connectivity index (χ1v) is 9.45. The normalized spacial score (nSPS) is 10.4. The number of amides is 2. The number of aromatic nitrogens is 2. The first-order valence-electron chi connectivity index (χ1n) is 7.17. The number of anilines is 1. The molecule has 0 atom stereocenters. The zero-order valence-electron chi connectivity index (χ0n) is 14.8. The van der Waals surface area contributed by atoms with Crippen molar-refractivity contribution < 1.29 is 56.4 Å². The van der Waals surface area contributed by atoms with Crippen LogP contribution in [0.25, 0.3) is 4.72 Å². The predicted molar refractivity (Wildman–Crippen MR) is 98.2 cm³/mol. The number of rotatable bonds is 8. The molecular formula is C14H13Cl2N4NaO6S. The molecule has 0 unspecified atom stereocenters. The van der Waals surface area contributed by atoms with Crippen molar-refractivity contribution >= 4 is 45.5 Å². The van der Waals surface area contributed by atoms with E-state index >= 15 is 0 Å². The molecule has 0 radical (unpaired) electrons. The summed E-state index contributed by atoms with van der Waals surface area (Å²) >= 11 is 11.3. The van der Waals surface area contributed by atoms with E-state index < -0.39 is 16.3 Å². The molecule has 10 nitrogen and oxygen atoms in total. The van der Waals surface area contributed by atoms with Crippen LogP contribution in [-0.2, 0) is 10.3 Å². The minimum atomic E-state index is -4.65. The Balaban J connectivity index is 0.00000392. The maximum atomic E-state index is 12.0. The van der Waals surface area contributed by atoms with E-state index in [9.17, 15) is 13.2 Å². The number of methoxy groups -OCH3 is 1. The van der Waals surface area contributed by atoms with Crippen molar-refractivity contribution in [2.24, 2.45) is 0 Å². The molecule has 14 heteroatoms. The summed E-state index contributed by atoms with van der Waals surface area (Å²) in [5.41, 5.74) is 0. The number of nitrogens with one attached hydrogen (secondary N) is 1. The fraction of sp³-hybridized carbons (Fsp3) is 0.214. The fourth-order valence-electron chi connectivity index (χ4n) is 1.70. The minimum absolute atomic E-state index is 0. The molecular weight excluding hydrogens is 446 g/mol. The summed E-state index contributed by atoms with van der Waals surface area (Å²) in [4.78, 5) is 19.3. The van der Waals surface area contributed by atoms with E-state index in [-0.39, 0.29) is 70.5 Å². The van der Waals surface area contributed by atoms with Gasteiger partial charge >= 0.3 is 39.9 Å². The third kappa shape index (κ3) is 7.86. The van der Waals surface area contributed by atoms with Crippen molar-refractivity contribution in [2.75, 3.05) is 24.9 Å². The Hall–Kier alpha value is -1.50. The van der Waals surface area contributed by atoms with Gasteiger partial charge in [-0.25, -0.2) is 4.98 Å². The molecule has 146 valence electrons. The van der Waals surface area contributed by atoms with Crippen molar-refractivity contribution in [3.63, 3.8) is 0 Å². The Morgan fingerprint density at radius 2 is 1.93 bits per heavy atom. The van der Waals surface area contributed by atoms with Crippen LogP contribution in [0.5, 0.6) is 17.4 Å². The quantitative estimate of drug-likeness (QED) is 0.332. The molecule has 1 N–H and O–H groups in total. The molecule has 0 fully saturated rings. The molecule has 0 aliphatic carbocycles. The molecule has 1 heterocycles. The molecule has 2 rings (SSSR count). The largest absolute Gasteiger partial charge is 1.00 e. The maximum absolute atomic E-state index is 12.0. The standard InChI is InChI=1S/C14H14Cl2N4O6S.Na/c1-24-12-8-11(16)17-13(18-12)19-14(21)20-27(22,23)26-10-5-3-2-4-9(10)25-7-6-15;/h2-5,8H,6-7H2,1H3,(H2,17,18,19,20,21);/q;+1/p-1. The van der Waals surface area contributed by atoms with Crippen LogP contribution < -0.4 is 48.5 Å². The Kier molecular flexibility index (Phi) is 10.1. The van der Waals surface area contributed by atoms with Gasteiger partial charge < -0.3 is 19.0 Å². The van der Waals surface area contributed by atoms with Crippen LogP contribution in [0.3, 0.4) is 0 Å². The van der Waals surface area contributed by atoms with Crippen molar-refractivity contribution in [3.8, 4) is 17.4 Å². The topological polar surface area (TPSA) is 131 Å². The van der Waals surface area contributed by atoms with Gasteiger partial charge in [-0.1, -0.05) is 23.7 Å². The first kappa shape index (κ1) is 24.5. The van der Waals surface area contributed by atoms with Gasteiger partial charge in [-0.05, 0) is 12.1 Å². The number of hydrogen-bond donors (Lipinski definition) is 1. The number of alkyl halides is 1. The van der Waals surface area contributed by atoms with Crippen LogP contribution in [0.4, 0.5) is 10.7 Å². The average molecular weight is 459 g/mol. The van der Waals surface area contributed by atoms with Gasteiger partial charge in [-0.3, -0.25) is 9.52 Å². The number of nitrogens with zero attached hydrogens (tertiary/aromatic N) is 3. The van der Waals surface area contributed by atoms with Gasteiger partial charge in [-0.2, -0.15) is 13.4 Å². The van der Waals surface area contributed by atoms with Gasteiger partial charge in [-0.15, -0.1) is 11.6 Å². The van der Waals surface area contributed by atoms with Crippen molar-refractivity contribution in [2.45, 2.75) is 0 Å². The van der Waals surface area contributed by atoms with E-state index in [4.69, 9.17) is 36.9 Å². The SMILES string of the molecule is COc1cc(Cl)nc(NC(=O)[N-]S(=O)(=O)Oc2ccccc2OCCCl)n1.[Na+]. The van der Waals surface area contributed by atoms with Crippen LogP contribution in [0.2, 0.25) is 5.15 Å². The van der Waals surface area contributed by atoms with Gasteiger partial charge in [0.25, 0.3) is 0 Å². The molecule has 0 aliphatic rings. The molecule has 28 heavy (non-hydrogen) atoms. The summed E-state index contributed by atoms with van der Waals surface area (Å²) in [7, 11) is -3.32. The third-order valence-corrected chi connectivity index (χ3v) is 3.80. The molecule has 0 spiro atoms. The fourth-order valence-corrected chi connectivity index (χ4v) is 2.60. The van der Waals surface area contributed by atoms with Crippen LogP contribution >= 0.6 is 23.2 Å². The monoisotopic (exact) mass is 458 g/mol. The second kappa shape index (κ2) is 11.5. The number of halogens is 2. The van der Waals surface area contributed by atoms with E-state index in [0.717, 1.165) is 0 Å². The molecule has 0 aliphatic heterocycles. The summed E-state index contributed by atoms with van der Waals surface area (Å²) in [6.45, 7) is 0.132. The van der Waals surface area contributed by atoms with Gasteiger partial charge in [0.2, 0.25) is 5.88 Å². The average Bonchev–Trinajstić information content (AvgIpc) is 2.59. The van der Waals surface area contributed by atoms with E-state index in [0.29, 0.717) is 0 Å². The van der Waals surface area contributed by atoms with Gasteiger partial charge in [0.05, 0.1) is 13.0 Å². The van der Waals surface area contributed by atoms with Crippen molar-refractivity contribution in [1.29, 1.82) is 0 Å². The number of ether oxygens (including phenoxy) is 2. The van der Waals surface area contributed by atoms with Gasteiger partial charge in [0.1, 0.15) is 17.7 Å². The molecule has 2 amide bonds. The zero-order chi connectivity index (χ0) is 19.9. The molecule has 0 saturated carbocycles. The number of urea groups is 1. The Morgan fingerprint density at radius 1 is 1.25 bits per heavy atom. The molecule has 0 saturated heterocycles. The number of carbonyl (C=O) groups is 1.